The van der Waals surface area contributed by atoms with Gasteiger partial charge in [-0.25, -0.2) is 4.98 Å². The first-order valence-corrected chi connectivity index (χ1v) is 9.49. The van der Waals surface area contributed by atoms with E-state index < -0.39 is 0 Å². The van der Waals surface area contributed by atoms with E-state index in [1.165, 1.54) is 24.2 Å². The molecule has 0 radical (unpaired) electrons. The van der Waals surface area contributed by atoms with Gasteiger partial charge in [-0.3, -0.25) is 0 Å². The third kappa shape index (κ3) is 4.40. The van der Waals surface area contributed by atoms with E-state index >= 15 is 0 Å². The second-order valence-electron chi connectivity index (χ2n) is 6.33. The summed E-state index contributed by atoms with van der Waals surface area (Å²) >= 11 is 1.54. The van der Waals surface area contributed by atoms with E-state index in [1.54, 1.807) is 0 Å². The number of aromatic nitrogens is 1. The molecule has 1 aromatic carbocycles. The van der Waals surface area contributed by atoms with Crippen molar-refractivity contribution in [2.24, 2.45) is 0 Å². The van der Waals surface area contributed by atoms with E-state index in [4.69, 9.17) is 9.47 Å². The van der Waals surface area contributed by atoms with Gasteiger partial charge in [0.1, 0.15) is 11.1 Å². The Bertz CT molecular complexity index is 813. The van der Waals surface area contributed by atoms with Gasteiger partial charge in [0.25, 0.3) is 0 Å². The minimum absolute atomic E-state index is 0.0754. The van der Waals surface area contributed by atoms with Crippen LogP contribution < -0.4 is 9.47 Å². The Labute approximate surface area is 152 Å². The van der Waals surface area contributed by atoms with Gasteiger partial charge in [0.15, 0.2) is 11.5 Å². The fourth-order valence-corrected chi connectivity index (χ4v) is 3.39. The molecule has 1 fully saturated rings. The number of nitrogens with zero attached hydrogens (tertiary/aromatic N) is 2. The minimum Gasteiger partial charge on any atom is -0.490 e. The number of ether oxygens (including phenoxy) is 2. The molecule has 5 heteroatoms. The average Bonchev–Trinajstić information content (AvgIpc) is 3.32. The molecular formula is C20H22N2O2S. The molecule has 25 heavy (non-hydrogen) atoms. The molecule has 3 rings (SSSR count). The van der Waals surface area contributed by atoms with Gasteiger partial charge in [-0.05, 0) is 57.4 Å². The van der Waals surface area contributed by atoms with Crippen molar-refractivity contribution in [2.45, 2.75) is 45.6 Å². The van der Waals surface area contributed by atoms with E-state index in [1.807, 2.05) is 45.0 Å². The Morgan fingerprint density at radius 1 is 1.40 bits per heavy atom. The van der Waals surface area contributed by atoms with Crippen molar-refractivity contribution >= 4 is 23.0 Å². The summed E-state index contributed by atoms with van der Waals surface area (Å²) in [6.07, 6.45) is 4.36. The van der Waals surface area contributed by atoms with Gasteiger partial charge in [0.05, 0.1) is 24.0 Å². The number of hydrogen-bond acceptors (Lipinski definition) is 5. The largest absolute Gasteiger partial charge is 0.490 e. The lowest BCUT2D eigenvalue weighted by molar-refractivity contribution is 0.224. The number of hydrogen-bond donors (Lipinski definition) is 0. The molecule has 1 aliphatic rings. The minimum atomic E-state index is 0.0754. The fraction of sp³-hybridized carbons (Fsp3) is 0.400. The van der Waals surface area contributed by atoms with Crippen LogP contribution in [0.3, 0.4) is 0 Å². The average molecular weight is 354 g/mol. The van der Waals surface area contributed by atoms with Crippen molar-refractivity contribution in [3.05, 3.63) is 39.8 Å². The van der Waals surface area contributed by atoms with Gasteiger partial charge in [-0.2, -0.15) is 5.26 Å². The molecule has 4 nitrogen and oxygen atoms in total. The van der Waals surface area contributed by atoms with Crippen LogP contribution in [0, 0.1) is 11.3 Å². The highest BCUT2D eigenvalue weighted by Gasteiger charge is 2.26. The molecule has 1 aliphatic carbocycles. The van der Waals surface area contributed by atoms with Crippen LogP contribution >= 0.6 is 11.3 Å². The predicted molar refractivity (Wildman–Crippen MR) is 101 cm³/mol. The Hall–Kier alpha value is -2.32. The number of allylic oxidation sites excluding steroid dienone is 1. The summed E-state index contributed by atoms with van der Waals surface area (Å²) in [5.41, 5.74) is 2.60. The van der Waals surface area contributed by atoms with Crippen molar-refractivity contribution < 1.29 is 9.47 Å². The highest BCUT2D eigenvalue weighted by Crippen LogP contribution is 2.41. The monoisotopic (exact) mass is 354 g/mol. The van der Waals surface area contributed by atoms with Crippen molar-refractivity contribution in [1.29, 1.82) is 5.26 Å². The molecule has 0 saturated heterocycles. The summed E-state index contributed by atoms with van der Waals surface area (Å²) in [7, 11) is 0. The molecule has 2 aromatic rings. The summed E-state index contributed by atoms with van der Waals surface area (Å²) in [6.45, 7) is 6.47. The first kappa shape index (κ1) is 17.5. The highest BCUT2D eigenvalue weighted by atomic mass is 32.1. The molecule has 1 saturated carbocycles. The van der Waals surface area contributed by atoms with Crippen LogP contribution in [0.25, 0.3) is 11.6 Å². The molecular weight excluding hydrogens is 332 g/mol. The Kier molecular flexibility index (Phi) is 5.40. The maximum absolute atomic E-state index is 9.54. The van der Waals surface area contributed by atoms with E-state index in [9.17, 15) is 5.26 Å². The smallest absolute Gasteiger partial charge is 0.161 e. The standard InChI is InChI=1S/C20H22N2O2S/c1-4-23-19-10-14(5-8-18(19)24-13(2)3)9-16(11-21)20-22-17(12-25-20)15-6-7-15/h5,8-10,12-13,15H,4,6-7H2,1-3H3. The number of rotatable bonds is 7. The van der Waals surface area contributed by atoms with E-state index in [0.717, 1.165) is 22.0 Å². The van der Waals surface area contributed by atoms with Gasteiger partial charge in [0.2, 0.25) is 0 Å². The van der Waals surface area contributed by atoms with Crippen molar-refractivity contribution in [1.82, 2.24) is 4.98 Å². The van der Waals surface area contributed by atoms with E-state index in [2.05, 4.69) is 16.4 Å². The lowest BCUT2D eigenvalue weighted by Crippen LogP contribution is -2.07. The summed E-state index contributed by atoms with van der Waals surface area (Å²) in [5, 5.41) is 12.4. The molecule has 0 aliphatic heterocycles. The Morgan fingerprint density at radius 2 is 2.20 bits per heavy atom. The first-order chi connectivity index (χ1) is 12.1. The molecule has 0 atom stereocenters. The van der Waals surface area contributed by atoms with Crippen molar-refractivity contribution in [3.8, 4) is 17.6 Å². The van der Waals surface area contributed by atoms with Crippen LogP contribution in [0.5, 0.6) is 11.5 Å². The normalized spacial score (nSPS) is 14.4. The molecule has 1 heterocycles. The third-order valence-corrected chi connectivity index (χ3v) is 4.70. The lowest BCUT2D eigenvalue weighted by atomic mass is 10.1. The second-order valence-corrected chi connectivity index (χ2v) is 7.19. The Morgan fingerprint density at radius 3 is 2.84 bits per heavy atom. The summed E-state index contributed by atoms with van der Waals surface area (Å²) in [5.74, 6) is 2.01. The molecule has 1 aromatic heterocycles. The second kappa shape index (κ2) is 7.71. The zero-order chi connectivity index (χ0) is 17.8. The zero-order valence-corrected chi connectivity index (χ0v) is 15.6. The van der Waals surface area contributed by atoms with Crippen LogP contribution in [0.1, 0.15) is 55.8 Å². The molecule has 0 amide bonds. The molecule has 0 spiro atoms. The van der Waals surface area contributed by atoms with Crippen LogP contribution in [0.4, 0.5) is 0 Å². The number of benzene rings is 1. The molecule has 0 N–H and O–H groups in total. The Balaban J connectivity index is 1.89. The van der Waals surface area contributed by atoms with E-state index in [-0.39, 0.29) is 6.10 Å². The van der Waals surface area contributed by atoms with Gasteiger partial charge < -0.3 is 9.47 Å². The lowest BCUT2D eigenvalue weighted by Gasteiger charge is -2.15. The molecule has 0 bridgehead atoms. The van der Waals surface area contributed by atoms with Crippen LogP contribution in [-0.4, -0.2) is 17.7 Å². The van der Waals surface area contributed by atoms with Gasteiger partial charge in [-0.1, -0.05) is 6.07 Å². The SMILES string of the molecule is CCOc1cc(C=C(C#N)c2nc(C3CC3)cs2)ccc1OC(C)C. The quantitative estimate of drug-likeness (QED) is 0.636. The number of thiazole rings is 1. The zero-order valence-electron chi connectivity index (χ0n) is 14.8. The van der Waals surface area contributed by atoms with Gasteiger partial charge in [0, 0.05) is 11.3 Å². The number of nitriles is 1. The maximum atomic E-state index is 9.54. The van der Waals surface area contributed by atoms with E-state index in [0.29, 0.717) is 23.8 Å². The van der Waals surface area contributed by atoms with Gasteiger partial charge >= 0.3 is 0 Å². The van der Waals surface area contributed by atoms with Crippen molar-refractivity contribution in [3.63, 3.8) is 0 Å². The summed E-state index contributed by atoms with van der Waals surface area (Å²) < 4.78 is 11.5. The summed E-state index contributed by atoms with van der Waals surface area (Å²) in [4.78, 5) is 4.63. The predicted octanol–water partition coefficient (Wildman–Crippen LogP) is 5.27. The fourth-order valence-electron chi connectivity index (χ4n) is 2.52. The molecule has 130 valence electrons. The highest BCUT2D eigenvalue weighted by molar-refractivity contribution is 7.11. The van der Waals surface area contributed by atoms with Crippen LogP contribution in [0.2, 0.25) is 0 Å². The van der Waals surface area contributed by atoms with Gasteiger partial charge in [-0.15, -0.1) is 11.3 Å². The van der Waals surface area contributed by atoms with Crippen LogP contribution in [0.15, 0.2) is 23.6 Å². The topological polar surface area (TPSA) is 55.1 Å². The summed E-state index contributed by atoms with van der Waals surface area (Å²) in [6, 6.07) is 8.02. The van der Waals surface area contributed by atoms with Crippen molar-refractivity contribution in [2.75, 3.05) is 6.61 Å². The molecule has 0 unspecified atom stereocenters. The maximum Gasteiger partial charge on any atom is 0.161 e. The first-order valence-electron chi connectivity index (χ1n) is 8.61. The third-order valence-electron chi connectivity index (χ3n) is 3.81. The van der Waals surface area contributed by atoms with Crippen LogP contribution in [-0.2, 0) is 0 Å².